The van der Waals surface area contributed by atoms with E-state index in [4.69, 9.17) is 4.74 Å². The van der Waals surface area contributed by atoms with Crippen molar-refractivity contribution < 1.29 is 13.2 Å². The van der Waals surface area contributed by atoms with Gasteiger partial charge in [0.05, 0.1) is 6.61 Å². The Bertz CT molecular complexity index is 1100. The Kier molecular flexibility index (Phi) is 7.56. The predicted molar refractivity (Wildman–Crippen MR) is 130 cm³/mol. The normalized spacial score (nSPS) is 19.2. The molecule has 33 heavy (non-hydrogen) atoms. The Morgan fingerprint density at radius 2 is 1.94 bits per heavy atom. The van der Waals surface area contributed by atoms with Crippen LogP contribution < -0.4 is 14.4 Å². The molecule has 0 radical (unpaired) electrons. The van der Waals surface area contributed by atoms with Gasteiger partial charge in [-0.3, -0.25) is 14.9 Å². The summed E-state index contributed by atoms with van der Waals surface area (Å²) in [6.07, 6.45) is 7.81. The fourth-order valence-electron chi connectivity index (χ4n) is 3.92. The smallest absolute Gasteiger partial charge is 0.345 e. The Hall–Kier alpha value is -2.98. The number of nitrogens with one attached hydrogen (secondary N) is 1. The summed E-state index contributed by atoms with van der Waals surface area (Å²) in [7, 11) is -2.04. The van der Waals surface area contributed by atoms with Crippen LogP contribution in [0.2, 0.25) is 0 Å². The van der Waals surface area contributed by atoms with Crippen molar-refractivity contribution in [2.45, 2.75) is 32.2 Å². The largest absolute Gasteiger partial charge is 0.494 e. The second kappa shape index (κ2) is 10.8. The third kappa shape index (κ3) is 6.52. The van der Waals surface area contributed by atoms with Crippen LogP contribution in [0.4, 0.5) is 5.69 Å². The van der Waals surface area contributed by atoms with Crippen molar-refractivity contribution in [3.8, 4) is 5.75 Å². The monoisotopic (exact) mass is 470 g/mol. The van der Waals surface area contributed by atoms with Crippen LogP contribution in [0.5, 0.6) is 5.75 Å². The fourth-order valence-corrected chi connectivity index (χ4v) is 4.80. The maximum Gasteiger partial charge on any atom is 0.345 e. The zero-order valence-corrected chi connectivity index (χ0v) is 19.7. The average Bonchev–Trinajstić information content (AvgIpc) is 3.14. The van der Waals surface area contributed by atoms with Gasteiger partial charge >= 0.3 is 10.2 Å². The van der Waals surface area contributed by atoms with Gasteiger partial charge in [-0.2, -0.15) is 8.42 Å². The molecule has 0 bridgehead atoms. The van der Waals surface area contributed by atoms with Crippen LogP contribution in [0.25, 0.3) is 0 Å². The quantitative estimate of drug-likeness (QED) is 0.596. The van der Waals surface area contributed by atoms with E-state index in [2.05, 4.69) is 36.1 Å². The molecule has 2 aliphatic rings. The lowest BCUT2D eigenvalue weighted by Gasteiger charge is -2.26. The third-order valence-electron chi connectivity index (χ3n) is 5.61. The molecule has 176 valence electrons. The molecular formula is C23H30N6O3S. The molecule has 1 aromatic carbocycles. The lowest BCUT2D eigenvalue weighted by atomic mass is 10.1. The molecule has 4 rings (SSSR count). The Morgan fingerprint density at radius 1 is 1.15 bits per heavy atom. The number of hydrogen-bond donors (Lipinski definition) is 1. The van der Waals surface area contributed by atoms with Crippen LogP contribution in [0.15, 0.2) is 58.2 Å². The van der Waals surface area contributed by atoms with Gasteiger partial charge in [0.15, 0.2) is 11.7 Å². The molecule has 1 fully saturated rings. The summed E-state index contributed by atoms with van der Waals surface area (Å²) in [6.45, 7) is 4.18. The summed E-state index contributed by atoms with van der Waals surface area (Å²) >= 11 is 0. The molecule has 0 spiro atoms. The van der Waals surface area contributed by atoms with Crippen molar-refractivity contribution in [1.82, 2.24) is 14.6 Å². The number of aromatic nitrogens is 1. The van der Waals surface area contributed by atoms with Crippen molar-refractivity contribution in [3.63, 3.8) is 0 Å². The standard InChI is InChI=1S/C23H30N6O3S/c1-28(20-9-12-24-13-10-20)23-22(26-33(30,31)27-23)25-11-6-16-32-21-8-5-7-19(17-21)18-29-14-3-2-4-15-29/h5,7-10,12-13,17H,2-4,6,11,14-16,18H2,1H3,(H,25,26). The van der Waals surface area contributed by atoms with E-state index in [0.29, 0.717) is 19.6 Å². The lowest BCUT2D eigenvalue weighted by Crippen LogP contribution is -2.36. The van der Waals surface area contributed by atoms with E-state index < -0.39 is 10.2 Å². The summed E-state index contributed by atoms with van der Waals surface area (Å²) in [5.74, 6) is 1.34. The summed E-state index contributed by atoms with van der Waals surface area (Å²) in [4.78, 5) is 12.6. The SMILES string of the molecule is CN(C1=NS(=O)(=O)NC1=NCCCOc1cccc(CN2CCCCC2)c1)c1ccncc1. The van der Waals surface area contributed by atoms with Gasteiger partial charge in [0.25, 0.3) is 0 Å². The van der Waals surface area contributed by atoms with Crippen LogP contribution in [-0.2, 0) is 16.8 Å². The molecule has 1 aromatic heterocycles. The van der Waals surface area contributed by atoms with Gasteiger partial charge in [0.2, 0.25) is 0 Å². The molecule has 0 amide bonds. The third-order valence-corrected chi connectivity index (χ3v) is 6.47. The summed E-state index contributed by atoms with van der Waals surface area (Å²) < 4.78 is 36.1. The zero-order chi connectivity index (χ0) is 23.1. The molecule has 1 N–H and O–H groups in total. The van der Waals surface area contributed by atoms with E-state index in [-0.39, 0.29) is 11.7 Å². The summed E-state index contributed by atoms with van der Waals surface area (Å²) in [5, 5.41) is 0. The molecule has 0 unspecified atom stereocenters. The van der Waals surface area contributed by atoms with Crippen molar-refractivity contribution in [2.75, 3.05) is 38.2 Å². The second-order valence-electron chi connectivity index (χ2n) is 8.17. The van der Waals surface area contributed by atoms with E-state index in [1.54, 1.807) is 36.5 Å². The number of rotatable bonds is 8. The van der Waals surface area contributed by atoms with E-state index >= 15 is 0 Å². The number of benzene rings is 1. The fraction of sp³-hybridized carbons (Fsp3) is 0.435. The van der Waals surface area contributed by atoms with Crippen molar-refractivity contribution >= 4 is 27.6 Å². The number of piperidine rings is 1. The van der Waals surface area contributed by atoms with Gasteiger partial charge in [-0.1, -0.05) is 18.6 Å². The van der Waals surface area contributed by atoms with Crippen molar-refractivity contribution in [2.24, 2.45) is 9.39 Å². The summed E-state index contributed by atoms with van der Waals surface area (Å²) in [6, 6.07) is 11.8. The highest BCUT2D eigenvalue weighted by Gasteiger charge is 2.29. The number of hydrogen-bond acceptors (Lipinski definition) is 7. The van der Waals surface area contributed by atoms with Gasteiger partial charge in [0, 0.05) is 44.6 Å². The van der Waals surface area contributed by atoms with Gasteiger partial charge in [-0.25, -0.2) is 4.72 Å². The molecule has 0 saturated carbocycles. The average molecular weight is 471 g/mol. The Morgan fingerprint density at radius 3 is 2.73 bits per heavy atom. The van der Waals surface area contributed by atoms with Crippen molar-refractivity contribution in [1.29, 1.82) is 0 Å². The van der Waals surface area contributed by atoms with E-state index in [9.17, 15) is 8.42 Å². The van der Waals surface area contributed by atoms with Crippen LogP contribution >= 0.6 is 0 Å². The molecule has 10 heteroatoms. The molecule has 2 aromatic rings. The van der Waals surface area contributed by atoms with E-state index in [0.717, 1.165) is 31.1 Å². The number of likely N-dealkylation sites (N-methyl/N-ethyl adjacent to an activating group) is 1. The van der Waals surface area contributed by atoms with Gasteiger partial charge in [-0.05, 0) is 55.8 Å². The lowest BCUT2D eigenvalue weighted by molar-refractivity contribution is 0.220. The van der Waals surface area contributed by atoms with E-state index in [1.807, 2.05) is 12.1 Å². The minimum Gasteiger partial charge on any atom is -0.494 e. The van der Waals surface area contributed by atoms with Crippen LogP contribution in [0.1, 0.15) is 31.2 Å². The minimum absolute atomic E-state index is 0.234. The first-order valence-electron chi connectivity index (χ1n) is 11.3. The number of ether oxygens (including phenoxy) is 1. The Labute approximate surface area is 195 Å². The van der Waals surface area contributed by atoms with Crippen LogP contribution in [-0.4, -0.2) is 63.3 Å². The number of nitrogens with zero attached hydrogens (tertiary/aromatic N) is 5. The first kappa shape index (κ1) is 23.2. The highest BCUT2D eigenvalue weighted by molar-refractivity contribution is 7.89. The molecule has 1 saturated heterocycles. The van der Waals surface area contributed by atoms with Crippen molar-refractivity contribution in [3.05, 3.63) is 54.4 Å². The number of amidine groups is 2. The molecule has 0 atom stereocenters. The van der Waals surface area contributed by atoms with Gasteiger partial charge in [0.1, 0.15) is 5.75 Å². The minimum atomic E-state index is -3.79. The summed E-state index contributed by atoms with van der Waals surface area (Å²) in [5.41, 5.74) is 2.03. The molecule has 0 aliphatic carbocycles. The predicted octanol–water partition coefficient (Wildman–Crippen LogP) is 2.62. The molecular weight excluding hydrogens is 440 g/mol. The van der Waals surface area contributed by atoms with E-state index in [1.165, 1.54) is 24.8 Å². The highest BCUT2D eigenvalue weighted by atomic mass is 32.2. The topological polar surface area (TPSA) is 99.5 Å². The maximum atomic E-state index is 12.0. The van der Waals surface area contributed by atoms with Crippen LogP contribution in [0, 0.1) is 0 Å². The number of anilines is 1. The van der Waals surface area contributed by atoms with Crippen LogP contribution in [0.3, 0.4) is 0 Å². The first-order chi connectivity index (χ1) is 16.0. The van der Waals surface area contributed by atoms with Gasteiger partial charge in [-0.15, -0.1) is 4.40 Å². The maximum absolute atomic E-state index is 12.0. The molecule has 3 heterocycles. The zero-order valence-electron chi connectivity index (χ0n) is 18.9. The number of aliphatic imine (C=N–C) groups is 1. The number of pyridine rings is 1. The first-order valence-corrected chi connectivity index (χ1v) is 12.7. The Balaban J connectivity index is 1.29. The molecule has 2 aliphatic heterocycles. The second-order valence-corrected chi connectivity index (χ2v) is 9.51. The number of likely N-dealkylation sites (tertiary alicyclic amines) is 1. The molecule has 9 nitrogen and oxygen atoms in total. The van der Waals surface area contributed by atoms with Gasteiger partial charge < -0.3 is 9.64 Å². The highest BCUT2D eigenvalue weighted by Crippen LogP contribution is 2.18.